The Bertz CT molecular complexity index is 1300. The van der Waals surface area contributed by atoms with Gasteiger partial charge in [0, 0.05) is 11.9 Å². The lowest BCUT2D eigenvalue weighted by molar-refractivity contribution is -0.132. The molecule has 1 atom stereocenters. The molecule has 0 spiro atoms. The Morgan fingerprint density at radius 3 is 2.45 bits per heavy atom. The van der Waals surface area contributed by atoms with Gasteiger partial charge in [-0.25, -0.2) is 0 Å². The van der Waals surface area contributed by atoms with Crippen LogP contribution < -0.4 is 9.64 Å². The highest BCUT2D eigenvalue weighted by atomic mass is 35.5. The lowest BCUT2D eigenvalue weighted by Gasteiger charge is -2.25. The van der Waals surface area contributed by atoms with E-state index in [2.05, 4.69) is 4.98 Å². The molecule has 1 aliphatic rings. The van der Waals surface area contributed by atoms with E-state index < -0.39 is 17.7 Å². The van der Waals surface area contributed by atoms with Crippen molar-refractivity contribution in [2.24, 2.45) is 0 Å². The average molecular weight is 463 g/mol. The molecule has 0 saturated carbocycles. The van der Waals surface area contributed by atoms with Crippen LogP contribution in [0.1, 0.15) is 34.0 Å². The minimum Gasteiger partial charge on any atom is -0.507 e. The Kier molecular flexibility index (Phi) is 5.95. The average Bonchev–Trinajstić information content (AvgIpc) is 3.06. The van der Waals surface area contributed by atoms with Gasteiger partial charge >= 0.3 is 0 Å². The predicted octanol–water partition coefficient (Wildman–Crippen LogP) is 5.30. The fourth-order valence-electron chi connectivity index (χ4n) is 4.05. The number of halogens is 1. The molecule has 2 aromatic carbocycles. The predicted molar refractivity (Wildman–Crippen MR) is 128 cm³/mol. The van der Waals surface area contributed by atoms with Crippen molar-refractivity contribution in [3.63, 3.8) is 0 Å². The van der Waals surface area contributed by atoms with Crippen LogP contribution in [0, 0.1) is 20.8 Å². The van der Waals surface area contributed by atoms with E-state index in [1.54, 1.807) is 42.6 Å². The van der Waals surface area contributed by atoms with Crippen molar-refractivity contribution in [3.8, 4) is 5.75 Å². The first-order valence-electron chi connectivity index (χ1n) is 10.4. The molecular weight excluding hydrogens is 440 g/mol. The van der Waals surface area contributed by atoms with Crippen LogP contribution >= 0.6 is 11.6 Å². The van der Waals surface area contributed by atoms with Crippen LogP contribution in [0.3, 0.4) is 0 Å². The molecule has 0 aliphatic carbocycles. The van der Waals surface area contributed by atoms with Gasteiger partial charge in [-0.1, -0.05) is 23.7 Å². The number of aliphatic hydroxyl groups is 1. The second-order valence-electron chi connectivity index (χ2n) is 8.02. The first-order valence-corrected chi connectivity index (χ1v) is 10.8. The van der Waals surface area contributed by atoms with E-state index in [9.17, 15) is 14.7 Å². The van der Waals surface area contributed by atoms with Gasteiger partial charge in [0.15, 0.2) is 0 Å². The van der Waals surface area contributed by atoms with Crippen molar-refractivity contribution >= 4 is 34.7 Å². The summed E-state index contributed by atoms with van der Waals surface area (Å²) in [5.41, 5.74) is 3.96. The number of ketones is 1. The van der Waals surface area contributed by atoms with Crippen LogP contribution in [-0.4, -0.2) is 28.9 Å². The summed E-state index contributed by atoms with van der Waals surface area (Å²) in [4.78, 5) is 32.3. The number of ether oxygens (including phenoxy) is 1. The molecule has 0 bridgehead atoms. The van der Waals surface area contributed by atoms with Crippen molar-refractivity contribution in [2.75, 3.05) is 12.0 Å². The standard InChI is InChI=1S/C26H23ClN2O4/c1-14-11-18(25(33-4)19(27)12-14)23(30)21-22(20-7-5-6-10-28-20)29(26(32)24(21)31)17-9-8-15(2)16(3)13-17/h5-13,22,30H,1-4H3/b23-21+. The third kappa shape index (κ3) is 3.87. The highest BCUT2D eigenvalue weighted by Crippen LogP contribution is 2.44. The van der Waals surface area contributed by atoms with Crippen molar-refractivity contribution in [1.82, 2.24) is 4.98 Å². The SMILES string of the molecule is COc1c(Cl)cc(C)cc1/C(O)=C1\C(=O)C(=O)N(c2ccc(C)c(C)c2)C1c1ccccn1. The van der Waals surface area contributed by atoms with Crippen LogP contribution in [0.5, 0.6) is 5.75 Å². The maximum atomic E-state index is 13.3. The molecule has 2 heterocycles. The minimum atomic E-state index is -0.919. The molecule has 168 valence electrons. The van der Waals surface area contributed by atoms with Crippen LogP contribution in [0.4, 0.5) is 5.69 Å². The minimum absolute atomic E-state index is 0.0723. The molecule has 1 fully saturated rings. The monoisotopic (exact) mass is 462 g/mol. The molecule has 1 aromatic heterocycles. The quantitative estimate of drug-likeness (QED) is 0.323. The lowest BCUT2D eigenvalue weighted by Crippen LogP contribution is -2.29. The zero-order chi connectivity index (χ0) is 23.9. The maximum Gasteiger partial charge on any atom is 0.300 e. The number of aliphatic hydroxyl groups excluding tert-OH is 1. The van der Waals surface area contributed by atoms with Gasteiger partial charge in [-0.3, -0.25) is 19.5 Å². The highest BCUT2D eigenvalue weighted by molar-refractivity contribution is 6.51. The molecule has 1 saturated heterocycles. The van der Waals surface area contributed by atoms with Gasteiger partial charge in [0.05, 0.1) is 29.0 Å². The highest BCUT2D eigenvalue weighted by Gasteiger charge is 2.48. The fraction of sp³-hybridized carbons (Fsp3) is 0.192. The van der Waals surface area contributed by atoms with Gasteiger partial charge in [0.25, 0.3) is 11.7 Å². The van der Waals surface area contributed by atoms with Crippen molar-refractivity contribution in [2.45, 2.75) is 26.8 Å². The first-order chi connectivity index (χ1) is 15.7. The van der Waals surface area contributed by atoms with Gasteiger partial charge in [-0.15, -0.1) is 0 Å². The number of hydrogen-bond acceptors (Lipinski definition) is 5. The molecule has 6 nitrogen and oxygen atoms in total. The number of benzene rings is 2. The zero-order valence-corrected chi connectivity index (χ0v) is 19.5. The summed E-state index contributed by atoms with van der Waals surface area (Å²) in [7, 11) is 1.43. The smallest absolute Gasteiger partial charge is 0.300 e. The Balaban J connectivity index is 2.00. The summed E-state index contributed by atoms with van der Waals surface area (Å²) >= 11 is 6.33. The largest absolute Gasteiger partial charge is 0.507 e. The van der Waals surface area contributed by atoms with E-state index in [0.717, 1.165) is 16.7 Å². The Morgan fingerprint density at radius 2 is 1.82 bits per heavy atom. The van der Waals surface area contributed by atoms with Gasteiger partial charge in [-0.2, -0.15) is 0 Å². The van der Waals surface area contributed by atoms with Crippen molar-refractivity contribution in [1.29, 1.82) is 0 Å². The van der Waals surface area contributed by atoms with Gasteiger partial charge in [-0.05, 0) is 73.9 Å². The van der Waals surface area contributed by atoms with Gasteiger partial charge < -0.3 is 9.84 Å². The van der Waals surface area contributed by atoms with E-state index in [-0.39, 0.29) is 27.7 Å². The number of amides is 1. The summed E-state index contributed by atoms with van der Waals surface area (Å²) in [5, 5.41) is 11.7. The Morgan fingerprint density at radius 1 is 1.06 bits per heavy atom. The second-order valence-corrected chi connectivity index (χ2v) is 8.43. The number of aromatic nitrogens is 1. The molecule has 1 aliphatic heterocycles. The van der Waals surface area contributed by atoms with Crippen LogP contribution in [0.25, 0.3) is 5.76 Å². The molecule has 1 N–H and O–H groups in total. The summed E-state index contributed by atoms with van der Waals surface area (Å²) in [5.74, 6) is -1.69. The second kappa shape index (κ2) is 8.71. The number of anilines is 1. The molecule has 3 aromatic rings. The number of pyridine rings is 1. The van der Waals surface area contributed by atoms with E-state index >= 15 is 0 Å². The van der Waals surface area contributed by atoms with Gasteiger partial charge in [0.2, 0.25) is 0 Å². The number of carbonyl (C=O) groups is 2. The van der Waals surface area contributed by atoms with Crippen LogP contribution in [-0.2, 0) is 9.59 Å². The van der Waals surface area contributed by atoms with Crippen LogP contribution in [0.2, 0.25) is 5.02 Å². The number of carbonyl (C=O) groups excluding carboxylic acids is 2. The summed E-state index contributed by atoms with van der Waals surface area (Å²) in [6, 6.07) is 13.2. The third-order valence-electron chi connectivity index (χ3n) is 5.83. The lowest BCUT2D eigenvalue weighted by atomic mass is 9.96. The number of rotatable bonds is 4. The van der Waals surface area contributed by atoms with Crippen molar-refractivity contribution < 1.29 is 19.4 Å². The molecular formula is C26H23ClN2O4. The maximum absolute atomic E-state index is 13.3. The molecule has 1 unspecified atom stereocenters. The van der Waals surface area contributed by atoms with E-state index in [1.165, 1.54) is 12.0 Å². The molecule has 33 heavy (non-hydrogen) atoms. The number of Topliss-reactive ketones (excluding diaryl/α,β-unsaturated/α-hetero) is 1. The van der Waals surface area contributed by atoms with Gasteiger partial charge in [0.1, 0.15) is 17.6 Å². The zero-order valence-electron chi connectivity index (χ0n) is 18.7. The summed E-state index contributed by atoms with van der Waals surface area (Å²) in [6.07, 6.45) is 1.58. The molecule has 1 amide bonds. The van der Waals surface area contributed by atoms with Crippen LogP contribution in [0.15, 0.2) is 60.3 Å². The molecule has 0 radical (unpaired) electrons. The fourth-order valence-corrected chi connectivity index (χ4v) is 4.40. The number of methoxy groups -OCH3 is 1. The Hall–Kier alpha value is -3.64. The third-order valence-corrected chi connectivity index (χ3v) is 6.11. The molecule has 7 heteroatoms. The number of aryl methyl sites for hydroxylation is 3. The first kappa shape index (κ1) is 22.6. The van der Waals surface area contributed by atoms with E-state index in [4.69, 9.17) is 16.3 Å². The molecule has 4 rings (SSSR count). The summed E-state index contributed by atoms with van der Waals surface area (Å²) < 4.78 is 5.40. The normalized spacial score (nSPS) is 17.5. The van der Waals surface area contributed by atoms with Crippen molar-refractivity contribution in [3.05, 3.63) is 93.3 Å². The number of nitrogens with zero attached hydrogens (tertiary/aromatic N) is 2. The summed E-state index contributed by atoms with van der Waals surface area (Å²) in [6.45, 7) is 5.72. The number of hydrogen-bond donors (Lipinski definition) is 1. The van der Waals surface area contributed by atoms with E-state index in [0.29, 0.717) is 11.4 Å². The topological polar surface area (TPSA) is 79.7 Å². The van der Waals surface area contributed by atoms with E-state index in [1.807, 2.05) is 32.9 Å². The Labute approximate surface area is 197 Å².